The van der Waals surface area contributed by atoms with Gasteiger partial charge in [0.25, 0.3) is 0 Å². The summed E-state index contributed by atoms with van der Waals surface area (Å²) in [5.41, 5.74) is 8.34. The van der Waals surface area contributed by atoms with Crippen molar-refractivity contribution in [2.45, 2.75) is 6.10 Å². The molecule has 0 aliphatic carbocycles. The maximum Gasteiger partial charge on any atom is 0.0962 e. The normalized spacial score (nSPS) is 12.1. The highest BCUT2D eigenvalue weighted by Gasteiger charge is 2.07. The zero-order valence-corrected chi connectivity index (χ0v) is 12.0. The predicted molar refractivity (Wildman–Crippen MR) is 83.5 cm³/mol. The SMILES string of the molecule is Nc1cc(I)ccc1NCC(O)c1ccccc1. The molecule has 1 unspecified atom stereocenters. The van der Waals surface area contributed by atoms with Gasteiger partial charge in [-0.25, -0.2) is 0 Å². The summed E-state index contributed by atoms with van der Waals surface area (Å²) in [6.45, 7) is 0.439. The van der Waals surface area contributed by atoms with Crippen LogP contribution in [0.15, 0.2) is 48.5 Å². The molecule has 0 aliphatic heterocycles. The molecule has 0 amide bonds. The zero-order chi connectivity index (χ0) is 13.0. The lowest BCUT2D eigenvalue weighted by molar-refractivity contribution is 0.191. The molecule has 0 saturated carbocycles. The van der Waals surface area contributed by atoms with Gasteiger partial charge in [0.2, 0.25) is 0 Å². The molecule has 3 nitrogen and oxygen atoms in total. The van der Waals surface area contributed by atoms with Crippen LogP contribution in [0.25, 0.3) is 0 Å². The van der Waals surface area contributed by atoms with Crippen molar-refractivity contribution >= 4 is 34.0 Å². The lowest BCUT2D eigenvalue weighted by atomic mass is 10.1. The van der Waals surface area contributed by atoms with Crippen LogP contribution in [0.5, 0.6) is 0 Å². The summed E-state index contributed by atoms with van der Waals surface area (Å²) in [7, 11) is 0. The number of nitrogens with one attached hydrogen (secondary N) is 1. The third-order valence-corrected chi connectivity index (χ3v) is 3.35. The Morgan fingerprint density at radius 1 is 1.17 bits per heavy atom. The van der Waals surface area contributed by atoms with E-state index in [1.807, 2.05) is 48.5 Å². The topological polar surface area (TPSA) is 58.3 Å². The molecule has 1 atom stereocenters. The summed E-state index contributed by atoms with van der Waals surface area (Å²) < 4.78 is 1.10. The van der Waals surface area contributed by atoms with Gasteiger partial charge >= 0.3 is 0 Å². The number of aliphatic hydroxyl groups excluding tert-OH is 1. The first-order valence-corrected chi connectivity index (χ1v) is 6.76. The summed E-state index contributed by atoms with van der Waals surface area (Å²) in [4.78, 5) is 0. The van der Waals surface area contributed by atoms with Gasteiger partial charge < -0.3 is 16.2 Å². The highest BCUT2D eigenvalue weighted by Crippen LogP contribution is 2.22. The molecule has 2 aromatic carbocycles. The molecule has 2 rings (SSSR count). The second-order valence-electron chi connectivity index (χ2n) is 4.04. The van der Waals surface area contributed by atoms with E-state index in [1.54, 1.807) is 0 Å². The smallest absolute Gasteiger partial charge is 0.0962 e. The largest absolute Gasteiger partial charge is 0.397 e. The predicted octanol–water partition coefficient (Wildman–Crippen LogP) is 3.02. The number of nitrogen functional groups attached to an aromatic ring is 1. The zero-order valence-electron chi connectivity index (χ0n) is 9.81. The number of nitrogens with two attached hydrogens (primary N) is 1. The number of aliphatic hydroxyl groups is 1. The van der Waals surface area contributed by atoms with Crippen LogP contribution in [0.1, 0.15) is 11.7 Å². The van der Waals surface area contributed by atoms with Gasteiger partial charge in [-0.15, -0.1) is 0 Å². The quantitative estimate of drug-likeness (QED) is 0.584. The van der Waals surface area contributed by atoms with E-state index in [9.17, 15) is 5.11 Å². The molecule has 4 N–H and O–H groups in total. The van der Waals surface area contributed by atoms with Crippen molar-refractivity contribution in [3.8, 4) is 0 Å². The van der Waals surface area contributed by atoms with Gasteiger partial charge in [-0.1, -0.05) is 30.3 Å². The van der Waals surface area contributed by atoms with E-state index in [4.69, 9.17) is 5.73 Å². The summed E-state index contributed by atoms with van der Waals surface area (Å²) in [6, 6.07) is 15.4. The Kier molecular flexibility index (Phi) is 4.43. The minimum absolute atomic E-state index is 0.439. The third kappa shape index (κ3) is 3.36. The van der Waals surface area contributed by atoms with Gasteiger partial charge in [0.1, 0.15) is 0 Å². The Morgan fingerprint density at radius 2 is 1.89 bits per heavy atom. The summed E-state index contributed by atoms with van der Waals surface area (Å²) >= 11 is 2.22. The van der Waals surface area contributed by atoms with Crippen molar-refractivity contribution in [2.75, 3.05) is 17.6 Å². The Bertz CT molecular complexity index is 516. The molecular weight excluding hydrogens is 339 g/mol. The monoisotopic (exact) mass is 354 g/mol. The van der Waals surface area contributed by atoms with Crippen LogP contribution in [-0.4, -0.2) is 11.7 Å². The van der Waals surface area contributed by atoms with Crippen LogP contribution in [0.2, 0.25) is 0 Å². The van der Waals surface area contributed by atoms with Crippen molar-refractivity contribution in [3.63, 3.8) is 0 Å². The summed E-state index contributed by atoms with van der Waals surface area (Å²) in [5, 5.41) is 13.2. The Labute approximate surface area is 120 Å². The lowest BCUT2D eigenvalue weighted by Gasteiger charge is -2.14. The van der Waals surface area contributed by atoms with Crippen LogP contribution < -0.4 is 11.1 Å². The fourth-order valence-electron chi connectivity index (χ4n) is 1.69. The minimum Gasteiger partial charge on any atom is -0.397 e. The average molecular weight is 354 g/mol. The molecule has 0 aromatic heterocycles. The van der Waals surface area contributed by atoms with Crippen molar-refractivity contribution in [2.24, 2.45) is 0 Å². The molecule has 0 spiro atoms. The van der Waals surface area contributed by atoms with E-state index >= 15 is 0 Å². The number of rotatable bonds is 4. The molecule has 0 aliphatic rings. The second-order valence-corrected chi connectivity index (χ2v) is 5.28. The summed E-state index contributed by atoms with van der Waals surface area (Å²) in [5.74, 6) is 0. The minimum atomic E-state index is -0.537. The number of halogens is 1. The van der Waals surface area contributed by atoms with Crippen LogP contribution in [0.3, 0.4) is 0 Å². The first-order chi connectivity index (χ1) is 8.66. The first-order valence-electron chi connectivity index (χ1n) is 5.69. The summed E-state index contributed by atoms with van der Waals surface area (Å²) in [6.07, 6.45) is -0.537. The number of benzene rings is 2. The van der Waals surface area contributed by atoms with Crippen LogP contribution in [-0.2, 0) is 0 Å². The second kappa shape index (κ2) is 6.06. The van der Waals surface area contributed by atoms with Crippen molar-refractivity contribution in [1.29, 1.82) is 0 Å². The van der Waals surface area contributed by atoms with Crippen molar-refractivity contribution < 1.29 is 5.11 Å². The van der Waals surface area contributed by atoms with Gasteiger partial charge in [-0.3, -0.25) is 0 Å². The number of anilines is 2. The molecule has 0 bridgehead atoms. The Balaban J connectivity index is 1.99. The molecule has 0 saturated heterocycles. The molecule has 0 radical (unpaired) electrons. The van der Waals surface area contributed by atoms with Crippen molar-refractivity contribution in [1.82, 2.24) is 0 Å². The van der Waals surface area contributed by atoms with Crippen LogP contribution >= 0.6 is 22.6 Å². The van der Waals surface area contributed by atoms with Gasteiger partial charge in [-0.05, 0) is 46.4 Å². The molecule has 4 heteroatoms. The van der Waals surface area contributed by atoms with Crippen LogP contribution in [0, 0.1) is 3.57 Å². The highest BCUT2D eigenvalue weighted by atomic mass is 127. The Hall–Kier alpha value is -1.27. The van der Waals surface area contributed by atoms with Gasteiger partial charge in [0.05, 0.1) is 17.5 Å². The standard InChI is InChI=1S/C14H15IN2O/c15-11-6-7-13(12(16)8-11)17-9-14(18)10-4-2-1-3-5-10/h1-8,14,17-18H,9,16H2. The van der Waals surface area contributed by atoms with E-state index in [1.165, 1.54) is 0 Å². The molecule has 94 valence electrons. The maximum atomic E-state index is 10.0. The van der Waals surface area contributed by atoms with Crippen molar-refractivity contribution in [3.05, 3.63) is 57.7 Å². The van der Waals surface area contributed by atoms with E-state index in [0.717, 1.165) is 14.8 Å². The fraction of sp³-hybridized carbons (Fsp3) is 0.143. The van der Waals surface area contributed by atoms with Crippen LogP contribution in [0.4, 0.5) is 11.4 Å². The Morgan fingerprint density at radius 3 is 2.56 bits per heavy atom. The van der Waals surface area contributed by atoms with Gasteiger partial charge in [-0.2, -0.15) is 0 Å². The molecule has 0 heterocycles. The first kappa shape index (κ1) is 13.2. The maximum absolute atomic E-state index is 10.0. The highest BCUT2D eigenvalue weighted by molar-refractivity contribution is 14.1. The van der Waals surface area contributed by atoms with E-state index in [-0.39, 0.29) is 0 Å². The number of hydrogen-bond donors (Lipinski definition) is 3. The number of hydrogen-bond acceptors (Lipinski definition) is 3. The fourth-order valence-corrected chi connectivity index (χ4v) is 2.21. The van der Waals surface area contributed by atoms with E-state index in [2.05, 4.69) is 27.9 Å². The molecule has 18 heavy (non-hydrogen) atoms. The van der Waals surface area contributed by atoms with E-state index in [0.29, 0.717) is 12.2 Å². The molecular formula is C14H15IN2O. The molecule has 2 aromatic rings. The third-order valence-electron chi connectivity index (χ3n) is 2.68. The lowest BCUT2D eigenvalue weighted by Crippen LogP contribution is -2.13. The molecule has 0 fully saturated rings. The van der Waals surface area contributed by atoms with Gasteiger partial charge in [0.15, 0.2) is 0 Å². The average Bonchev–Trinajstić information content (AvgIpc) is 2.38. The van der Waals surface area contributed by atoms with E-state index < -0.39 is 6.10 Å². The van der Waals surface area contributed by atoms with Gasteiger partial charge in [0, 0.05) is 10.1 Å².